The maximum Gasteiger partial charge on any atom is 0.130 e. The van der Waals surface area contributed by atoms with Crippen molar-refractivity contribution in [2.24, 2.45) is 0 Å². The van der Waals surface area contributed by atoms with E-state index < -0.39 is 0 Å². The normalized spacial score (nSPS) is 16.3. The molecule has 0 bridgehead atoms. The molecule has 2 heterocycles. The van der Waals surface area contributed by atoms with Gasteiger partial charge >= 0.3 is 0 Å². The number of imidazole rings is 1. The van der Waals surface area contributed by atoms with Crippen LogP contribution in [0, 0.1) is 5.82 Å². The first-order chi connectivity index (χ1) is 12.7. The van der Waals surface area contributed by atoms with E-state index in [1.165, 1.54) is 12.1 Å². The third-order valence-electron chi connectivity index (χ3n) is 4.66. The molecule has 1 aromatic heterocycles. The molecule has 0 spiro atoms. The van der Waals surface area contributed by atoms with Crippen molar-refractivity contribution in [2.45, 2.75) is 18.3 Å². The molecule has 1 atom stereocenters. The van der Waals surface area contributed by atoms with E-state index in [0.29, 0.717) is 0 Å². The van der Waals surface area contributed by atoms with Crippen LogP contribution in [-0.4, -0.2) is 22.0 Å². The lowest BCUT2D eigenvalue weighted by Crippen LogP contribution is -2.36. The van der Waals surface area contributed by atoms with Crippen LogP contribution >= 0.6 is 11.6 Å². The summed E-state index contributed by atoms with van der Waals surface area (Å²) in [7, 11) is 0. The number of fused-ring (bicyclic) bond motifs is 1. The van der Waals surface area contributed by atoms with Crippen LogP contribution in [0.15, 0.2) is 61.1 Å². The van der Waals surface area contributed by atoms with E-state index in [-0.39, 0.29) is 11.3 Å². The molecule has 3 aromatic rings. The Hall–Kier alpha value is -2.59. The number of rotatable bonds is 5. The van der Waals surface area contributed by atoms with Crippen LogP contribution in [-0.2, 0) is 6.42 Å². The molecule has 0 saturated heterocycles. The van der Waals surface area contributed by atoms with Crippen molar-refractivity contribution in [3.8, 4) is 0 Å². The van der Waals surface area contributed by atoms with E-state index in [4.69, 9.17) is 11.6 Å². The Bertz CT molecular complexity index is 903. The van der Waals surface area contributed by atoms with Gasteiger partial charge in [-0.05, 0) is 53.8 Å². The summed E-state index contributed by atoms with van der Waals surface area (Å²) in [5.41, 5.74) is 5.02. The highest BCUT2D eigenvalue weighted by molar-refractivity contribution is 6.29. The largest absolute Gasteiger partial charge is 0.351 e. The zero-order chi connectivity index (χ0) is 17.9. The van der Waals surface area contributed by atoms with Crippen LogP contribution in [0.5, 0.6) is 0 Å². The van der Waals surface area contributed by atoms with E-state index in [1.54, 1.807) is 18.5 Å². The van der Waals surface area contributed by atoms with Gasteiger partial charge in [-0.3, -0.25) is 0 Å². The van der Waals surface area contributed by atoms with E-state index in [2.05, 4.69) is 33.1 Å². The van der Waals surface area contributed by atoms with Gasteiger partial charge in [0.25, 0.3) is 0 Å². The van der Waals surface area contributed by atoms with Crippen molar-refractivity contribution >= 4 is 28.9 Å². The van der Waals surface area contributed by atoms with Gasteiger partial charge in [0.05, 0.1) is 6.33 Å². The summed E-state index contributed by atoms with van der Waals surface area (Å²) in [6.45, 7) is 0.822. The monoisotopic (exact) mass is 367 g/mol. The Balaban J connectivity index is 1.61. The first-order valence-electron chi connectivity index (χ1n) is 8.67. The predicted octanol–water partition coefficient (Wildman–Crippen LogP) is 5.11. The number of benzene rings is 2. The maximum atomic E-state index is 13.3. The van der Waals surface area contributed by atoms with Crippen molar-refractivity contribution < 1.29 is 4.39 Å². The van der Waals surface area contributed by atoms with Crippen LogP contribution in [0.1, 0.15) is 23.2 Å². The van der Waals surface area contributed by atoms with Gasteiger partial charge in [-0.1, -0.05) is 41.9 Å². The van der Waals surface area contributed by atoms with Crippen LogP contribution in [0.25, 0.3) is 11.6 Å². The van der Waals surface area contributed by atoms with Crippen molar-refractivity contribution in [3.05, 3.63) is 83.7 Å². The number of aromatic nitrogens is 2. The van der Waals surface area contributed by atoms with Gasteiger partial charge in [0.2, 0.25) is 0 Å². The molecule has 3 nitrogen and oxygen atoms in total. The number of hydrogen-bond acceptors (Lipinski definition) is 2. The van der Waals surface area contributed by atoms with Crippen molar-refractivity contribution in [1.29, 1.82) is 0 Å². The fourth-order valence-corrected chi connectivity index (χ4v) is 3.75. The Morgan fingerprint density at radius 3 is 2.69 bits per heavy atom. The minimum Gasteiger partial charge on any atom is -0.351 e. The fraction of sp³-hybridized carbons (Fsp3) is 0.190. The summed E-state index contributed by atoms with van der Waals surface area (Å²) in [5.74, 6) is -0.243. The smallest absolute Gasteiger partial charge is 0.130 e. The van der Waals surface area contributed by atoms with Crippen LogP contribution < -0.4 is 4.90 Å². The van der Waals surface area contributed by atoms with E-state index in [1.807, 2.05) is 18.3 Å². The number of anilines is 1. The number of aromatic amines is 1. The first-order valence-corrected chi connectivity index (χ1v) is 9.10. The number of halogens is 2. The maximum absolute atomic E-state index is 13.3. The average Bonchev–Trinajstić information content (AvgIpc) is 3.17. The molecule has 1 unspecified atom stereocenters. The molecule has 5 heteroatoms. The van der Waals surface area contributed by atoms with Crippen LogP contribution in [0.2, 0.25) is 0 Å². The molecule has 4 rings (SSSR count). The topological polar surface area (TPSA) is 31.9 Å². The number of hydrogen-bond donors (Lipinski definition) is 1. The molecular weight excluding hydrogens is 349 g/mol. The summed E-state index contributed by atoms with van der Waals surface area (Å²) < 4.78 is 13.3. The van der Waals surface area contributed by atoms with Crippen LogP contribution in [0.3, 0.4) is 0 Å². The molecule has 0 fully saturated rings. The summed E-state index contributed by atoms with van der Waals surface area (Å²) >= 11 is 6.86. The van der Waals surface area contributed by atoms with Crippen LogP contribution in [0.4, 0.5) is 10.1 Å². The highest BCUT2D eigenvalue weighted by atomic mass is 35.5. The molecule has 1 aliphatic rings. The van der Waals surface area contributed by atoms with Crippen molar-refractivity contribution in [3.63, 3.8) is 0 Å². The summed E-state index contributed by atoms with van der Waals surface area (Å²) in [5, 5.41) is 0. The lowest BCUT2D eigenvalue weighted by molar-refractivity contribution is 0.627. The molecule has 0 amide bonds. The summed E-state index contributed by atoms with van der Waals surface area (Å²) in [6, 6.07) is 14.8. The standard InChI is InChI=1S/C21H19ClFN3/c22-21-19(15-7-9-17(23)10-8-15)12-16-4-1-2-6-20(16)26(21)11-3-5-18-13-24-14-25-18/h1-2,4,6-10,12-14,21H,3,5,11H2,(H,24,25). The number of para-hydroxylation sites is 1. The SMILES string of the molecule is Fc1ccc(C2=Cc3ccccc3N(CCCc3cnc[nH]3)C2Cl)cc1. The quantitative estimate of drug-likeness (QED) is 0.502. The van der Waals surface area contributed by atoms with Gasteiger partial charge in [0.15, 0.2) is 0 Å². The van der Waals surface area contributed by atoms with Gasteiger partial charge in [0.1, 0.15) is 11.3 Å². The highest BCUT2D eigenvalue weighted by Crippen LogP contribution is 2.38. The van der Waals surface area contributed by atoms with Crippen molar-refractivity contribution in [2.75, 3.05) is 11.4 Å². The van der Waals surface area contributed by atoms with E-state index >= 15 is 0 Å². The third-order valence-corrected chi connectivity index (χ3v) is 5.14. The summed E-state index contributed by atoms with van der Waals surface area (Å²) in [6.07, 6.45) is 7.53. The van der Waals surface area contributed by atoms with Gasteiger partial charge in [0, 0.05) is 24.1 Å². The van der Waals surface area contributed by atoms with Gasteiger partial charge in [-0.25, -0.2) is 9.37 Å². The summed E-state index contributed by atoms with van der Waals surface area (Å²) in [4.78, 5) is 9.41. The molecule has 1 aliphatic heterocycles. The number of alkyl halides is 1. The van der Waals surface area contributed by atoms with Gasteiger partial charge < -0.3 is 9.88 Å². The molecule has 2 aromatic carbocycles. The average molecular weight is 368 g/mol. The number of aryl methyl sites for hydroxylation is 1. The predicted molar refractivity (Wildman–Crippen MR) is 105 cm³/mol. The highest BCUT2D eigenvalue weighted by Gasteiger charge is 2.27. The Morgan fingerprint density at radius 1 is 1.12 bits per heavy atom. The minimum atomic E-state index is -0.294. The van der Waals surface area contributed by atoms with Gasteiger partial charge in [-0.2, -0.15) is 0 Å². The Morgan fingerprint density at radius 2 is 1.92 bits per heavy atom. The third kappa shape index (κ3) is 3.37. The molecule has 26 heavy (non-hydrogen) atoms. The number of H-pyrrole nitrogens is 1. The second kappa shape index (κ2) is 7.34. The first kappa shape index (κ1) is 16.9. The zero-order valence-electron chi connectivity index (χ0n) is 14.2. The Labute approximate surface area is 157 Å². The van der Waals surface area contributed by atoms with E-state index in [0.717, 1.165) is 47.5 Å². The molecule has 132 valence electrons. The number of nitrogens with zero attached hydrogens (tertiary/aromatic N) is 2. The second-order valence-corrected chi connectivity index (χ2v) is 6.79. The second-order valence-electron chi connectivity index (χ2n) is 6.37. The molecule has 1 N–H and O–H groups in total. The molecular formula is C21H19ClFN3. The molecule has 0 saturated carbocycles. The van der Waals surface area contributed by atoms with Crippen molar-refractivity contribution in [1.82, 2.24) is 9.97 Å². The lowest BCUT2D eigenvalue weighted by atomic mass is 9.96. The Kier molecular flexibility index (Phi) is 4.76. The lowest BCUT2D eigenvalue weighted by Gasteiger charge is -2.36. The minimum absolute atomic E-state index is 0.243. The fourth-order valence-electron chi connectivity index (χ4n) is 3.36. The van der Waals surface area contributed by atoms with Gasteiger partial charge in [-0.15, -0.1) is 0 Å². The molecule has 0 radical (unpaired) electrons. The molecule has 0 aliphatic carbocycles. The zero-order valence-corrected chi connectivity index (χ0v) is 15.0. The van der Waals surface area contributed by atoms with E-state index in [9.17, 15) is 4.39 Å². The number of nitrogens with one attached hydrogen (secondary N) is 1.